The van der Waals surface area contributed by atoms with Crippen LogP contribution in [0.15, 0.2) is 12.2 Å². The first-order valence-corrected chi connectivity index (χ1v) is 5.69. The normalized spacial score (nSPS) is 27.7. The van der Waals surface area contributed by atoms with Crippen LogP contribution >= 0.6 is 11.6 Å². The molecule has 1 aliphatic rings. The van der Waals surface area contributed by atoms with Gasteiger partial charge < -0.3 is 5.32 Å². The first-order chi connectivity index (χ1) is 7.56. The van der Waals surface area contributed by atoms with Gasteiger partial charge in [-0.1, -0.05) is 23.6 Å². The van der Waals surface area contributed by atoms with Gasteiger partial charge in [-0.3, -0.25) is 4.79 Å². The third-order valence-corrected chi connectivity index (χ3v) is 2.98. The first kappa shape index (κ1) is 13.1. The Labute approximate surface area is 100 Å². The molecule has 0 radical (unpaired) electrons. The molecule has 2 unspecified atom stereocenters. The molecule has 0 heterocycles. The van der Waals surface area contributed by atoms with Crippen molar-refractivity contribution in [1.82, 2.24) is 5.32 Å². The molecular formula is C12H15ClFNO. The van der Waals surface area contributed by atoms with Gasteiger partial charge in [0.25, 0.3) is 0 Å². The second-order valence-corrected chi connectivity index (χ2v) is 4.55. The van der Waals surface area contributed by atoms with Crippen LogP contribution in [0.5, 0.6) is 0 Å². The lowest BCUT2D eigenvalue weighted by Crippen LogP contribution is -2.20. The Hall–Kier alpha value is -1.01. The van der Waals surface area contributed by atoms with E-state index >= 15 is 0 Å². The largest absolute Gasteiger partial charge is 0.342 e. The summed E-state index contributed by atoms with van der Waals surface area (Å²) >= 11 is 5.46. The number of carbonyl (C=O) groups excluding carboxylic acids is 1. The summed E-state index contributed by atoms with van der Waals surface area (Å²) in [5.41, 5.74) is 0. The summed E-state index contributed by atoms with van der Waals surface area (Å²) in [6.45, 7) is 0.238. The number of amides is 1. The van der Waals surface area contributed by atoms with Crippen molar-refractivity contribution in [3.8, 4) is 12.3 Å². The summed E-state index contributed by atoms with van der Waals surface area (Å²) < 4.78 is 12.9. The highest BCUT2D eigenvalue weighted by atomic mass is 35.5. The van der Waals surface area contributed by atoms with Gasteiger partial charge in [0.1, 0.15) is 0 Å². The molecule has 1 fully saturated rings. The maximum absolute atomic E-state index is 12.9. The molecule has 0 aromatic heterocycles. The molecule has 88 valence electrons. The lowest BCUT2D eigenvalue weighted by Gasteiger charge is -1.97. The topological polar surface area (TPSA) is 29.1 Å². The van der Waals surface area contributed by atoms with Crippen molar-refractivity contribution in [1.29, 1.82) is 0 Å². The molecule has 16 heavy (non-hydrogen) atoms. The molecule has 0 spiro atoms. The molecular weight excluding hydrogens is 229 g/mol. The van der Waals surface area contributed by atoms with E-state index in [-0.39, 0.29) is 18.4 Å². The van der Waals surface area contributed by atoms with Gasteiger partial charge in [-0.15, -0.1) is 6.42 Å². The number of carbonyl (C=O) groups is 1. The minimum absolute atomic E-state index is 0.00201. The van der Waals surface area contributed by atoms with E-state index in [2.05, 4.69) is 11.2 Å². The van der Waals surface area contributed by atoms with Crippen LogP contribution in [0.3, 0.4) is 0 Å². The van der Waals surface area contributed by atoms with Crippen LogP contribution in [-0.2, 0) is 4.79 Å². The van der Waals surface area contributed by atoms with Gasteiger partial charge in [0.05, 0.1) is 6.54 Å². The quantitative estimate of drug-likeness (QED) is 0.330. The van der Waals surface area contributed by atoms with E-state index < -0.39 is 5.13 Å². The standard InChI is InChI=1S/C12H15ClFNO/c1-2-8-15-11(16)7-5-3-4-6-10-9-12(10,13)14/h1,5,7,10H,3-4,6,8-9H2,(H,15,16)/b7-5+. The Morgan fingerprint density at radius 3 is 3.00 bits per heavy atom. The van der Waals surface area contributed by atoms with Crippen LogP contribution in [0.1, 0.15) is 25.7 Å². The Balaban J connectivity index is 2.01. The highest BCUT2D eigenvalue weighted by molar-refractivity contribution is 6.24. The number of hydrogen-bond donors (Lipinski definition) is 1. The molecule has 2 nitrogen and oxygen atoms in total. The third kappa shape index (κ3) is 4.67. The first-order valence-electron chi connectivity index (χ1n) is 5.32. The second kappa shape index (κ2) is 5.91. The zero-order chi connectivity index (χ0) is 12.0. The van der Waals surface area contributed by atoms with E-state index in [9.17, 15) is 9.18 Å². The van der Waals surface area contributed by atoms with Gasteiger partial charge >= 0.3 is 0 Å². The van der Waals surface area contributed by atoms with Crippen molar-refractivity contribution >= 4 is 17.5 Å². The highest BCUT2D eigenvalue weighted by Crippen LogP contribution is 2.53. The molecule has 1 amide bonds. The Morgan fingerprint density at radius 2 is 2.44 bits per heavy atom. The molecule has 0 aromatic rings. The number of unbranched alkanes of at least 4 members (excludes halogenated alkanes) is 1. The minimum Gasteiger partial charge on any atom is -0.342 e. The summed E-state index contributed by atoms with van der Waals surface area (Å²) in [6, 6.07) is 0. The summed E-state index contributed by atoms with van der Waals surface area (Å²) in [6.07, 6.45) is 11.0. The fraction of sp³-hybridized carbons (Fsp3) is 0.583. The van der Waals surface area contributed by atoms with Crippen LogP contribution < -0.4 is 5.32 Å². The average Bonchev–Trinajstić information content (AvgIpc) is 2.83. The maximum atomic E-state index is 12.9. The summed E-state index contributed by atoms with van der Waals surface area (Å²) in [5, 5.41) is 1.06. The van der Waals surface area contributed by atoms with E-state index in [4.69, 9.17) is 18.0 Å². The number of terminal acetylenes is 1. The number of alkyl halides is 2. The zero-order valence-electron chi connectivity index (χ0n) is 9.01. The molecule has 1 N–H and O–H groups in total. The van der Waals surface area contributed by atoms with Gasteiger partial charge in [-0.2, -0.15) is 0 Å². The molecule has 1 saturated carbocycles. The number of hydrogen-bond acceptors (Lipinski definition) is 1. The van der Waals surface area contributed by atoms with Crippen LogP contribution in [0.2, 0.25) is 0 Å². The smallest absolute Gasteiger partial charge is 0.244 e. The van der Waals surface area contributed by atoms with Crippen LogP contribution in [0.4, 0.5) is 4.39 Å². The fourth-order valence-electron chi connectivity index (χ4n) is 1.45. The van der Waals surface area contributed by atoms with E-state index in [1.807, 2.05) is 0 Å². The predicted molar refractivity (Wildman–Crippen MR) is 62.6 cm³/mol. The monoisotopic (exact) mass is 243 g/mol. The van der Waals surface area contributed by atoms with Crippen LogP contribution in [0, 0.1) is 18.3 Å². The van der Waals surface area contributed by atoms with E-state index in [1.54, 1.807) is 6.08 Å². The third-order valence-electron chi connectivity index (χ3n) is 2.51. The number of allylic oxidation sites excluding steroid dienone is 1. The minimum atomic E-state index is -1.45. The van der Waals surface area contributed by atoms with Crippen LogP contribution in [-0.4, -0.2) is 17.6 Å². The maximum Gasteiger partial charge on any atom is 0.244 e. The van der Waals surface area contributed by atoms with Crippen LogP contribution in [0.25, 0.3) is 0 Å². The van der Waals surface area contributed by atoms with Gasteiger partial charge in [0.2, 0.25) is 5.91 Å². The number of halogens is 2. The second-order valence-electron chi connectivity index (χ2n) is 3.92. The van der Waals surface area contributed by atoms with E-state index in [1.165, 1.54) is 6.08 Å². The Kier molecular flexibility index (Phi) is 4.82. The van der Waals surface area contributed by atoms with Crippen molar-refractivity contribution in [2.45, 2.75) is 30.8 Å². The lowest BCUT2D eigenvalue weighted by molar-refractivity contribution is -0.116. The van der Waals surface area contributed by atoms with Gasteiger partial charge in [-0.25, -0.2) is 4.39 Å². The fourth-order valence-corrected chi connectivity index (χ4v) is 1.75. The number of nitrogens with one attached hydrogen (secondary N) is 1. The lowest BCUT2D eigenvalue weighted by atomic mass is 10.1. The molecule has 1 aliphatic carbocycles. The SMILES string of the molecule is C#CCNC(=O)/C=C/CCCC1CC1(F)Cl. The van der Waals surface area contributed by atoms with Crippen molar-refractivity contribution in [3.63, 3.8) is 0 Å². The van der Waals surface area contributed by atoms with Gasteiger partial charge in [0, 0.05) is 12.3 Å². The van der Waals surface area contributed by atoms with E-state index in [0.717, 1.165) is 19.3 Å². The van der Waals surface area contributed by atoms with Crippen molar-refractivity contribution in [3.05, 3.63) is 12.2 Å². The number of rotatable bonds is 6. The van der Waals surface area contributed by atoms with Gasteiger partial charge in [0.15, 0.2) is 5.13 Å². The predicted octanol–water partition coefficient (Wildman–Crippen LogP) is 2.39. The molecule has 2 atom stereocenters. The van der Waals surface area contributed by atoms with Crippen molar-refractivity contribution in [2.75, 3.05) is 6.54 Å². The molecule has 0 aliphatic heterocycles. The molecule has 0 saturated heterocycles. The molecule has 0 aromatic carbocycles. The van der Waals surface area contributed by atoms with E-state index in [0.29, 0.717) is 6.42 Å². The Bertz CT molecular complexity index is 319. The molecule has 0 bridgehead atoms. The highest BCUT2D eigenvalue weighted by Gasteiger charge is 2.53. The average molecular weight is 244 g/mol. The van der Waals surface area contributed by atoms with Gasteiger partial charge in [-0.05, 0) is 25.3 Å². The summed E-state index contributed by atoms with van der Waals surface area (Å²) in [4.78, 5) is 11.0. The van der Waals surface area contributed by atoms with Crippen molar-refractivity contribution < 1.29 is 9.18 Å². The Morgan fingerprint density at radius 1 is 1.75 bits per heavy atom. The van der Waals surface area contributed by atoms with Crippen molar-refractivity contribution in [2.24, 2.45) is 5.92 Å². The molecule has 1 rings (SSSR count). The zero-order valence-corrected chi connectivity index (χ0v) is 9.77. The molecule has 4 heteroatoms. The summed E-state index contributed by atoms with van der Waals surface area (Å²) in [7, 11) is 0. The summed E-state index contributed by atoms with van der Waals surface area (Å²) in [5.74, 6) is 2.12.